The molecule has 3 heterocycles. The third-order valence-corrected chi connectivity index (χ3v) is 3.36. The topological polar surface area (TPSA) is 88.6 Å². The number of imidazole rings is 1. The number of hydrogen-bond acceptors (Lipinski definition) is 5. The van der Waals surface area contributed by atoms with Gasteiger partial charge in [-0.05, 0) is 6.42 Å². The number of carbonyl (C=O) groups is 1. The smallest absolute Gasteiger partial charge is 0.222 e. The minimum Gasteiger partial charge on any atom is -0.382 e. The molecule has 1 amide bonds. The molecule has 1 saturated heterocycles. The van der Waals surface area contributed by atoms with Crippen molar-refractivity contribution in [3.63, 3.8) is 0 Å². The van der Waals surface area contributed by atoms with E-state index in [0.29, 0.717) is 24.6 Å². The van der Waals surface area contributed by atoms with Gasteiger partial charge in [0.25, 0.3) is 0 Å². The van der Waals surface area contributed by atoms with Crippen LogP contribution in [0.15, 0.2) is 18.6 Å². The fourth-order valence-electron chi connectivity index (χ4n) is 2.37. The highest BCUT2D eigenvalue weighted by Crippen LogP contribution is 2.19. The van der Waals surface area contributed by atoms with E-state index in [-0.39, 0.29) is 11.9 Å². The fourth-order valence-corrected chi connectivity index (χ4v) is 2.37. The van der Waals surface area contributed by atoms with E-state index < -0.39 is 0 Å². The first-order valence-electron chi connectivity index (χ1n) is 6.23. The Hall–Kier alpha value is -2.31. The van der Waals surface area contributed by atoms with Crippen molar-refractivity contribution < 1.29 is 4.79 Å². The van der Waals surface area contributed by atoms with Crippen LogP contribution in [0.25, 0.3) is 5.65 Å². The number of nitrogens with zero attached hydrogens (tertiary/aromatic N) is 4. The Bertz CT molecular complexity index is 622. The van der Waals surface area contributed by atoms with Crippen LogP contribution in [0.1, 0.15) is 12.8 Å². The molecule has 1 unspecified atom stereocenters. The third kappa shape index (κ3) is 2.18. The van der Waals surface area contributed by atoms with Gasteiger partial charge in [-0.1, -0.05) is 0 Å². The largest absolute Gasteiger partial charge is 0.382 e. The Balaban J connectivity index is 1.85. The lowest BCUT2D eigenvalue weighted by atomic mass is 10.1. The summed E-state index contributed by atoms with van der Waals surface area (Å²) in [5.74, 6) is 1.29. The van der Waals surface area contributed by atoms with Crippen LogP contribution in [0.5, 0.6) is 0 Å². The predicted octanol–water partition coefficient (Wildman–Crippen LogP) is 0.344. The van der Waals surface area contributed by atoms with Gasteiger partial charge in [-0.25, -0.2) is 9.97 Å². The summed E-state index contributed by atoms with van der Waals surface area (Å²) in [7, 11) is 1.81. The van der Waals surface area contributed by atoms with Gasteiger partial charge in [0, 0.05) is 38.4 Å². The van der Waals surface area contributed by atoms with Crippen LogP contribution in [0.3, 0.4) is 0 Å². The Morgan fingerprint density at radius 1 is 1.53 bits per heavy atom. The number of likely N-dealkylation sites (tertiary alicyclic amines) is 1. The maximum atomic E-state index is 11.5. The number of hydrogen-bond donors (Lipinski definition) is 2. The monoisotopic (exact) mass is 260 g/mol. The summed E-state index contributed by atoms with van der Waals surface area (Å²) in [6.45, 7) is 0.669. The fraction of sp³-hybridized carbons (Fsp3) is 0.417. The maximum absolute atomic E-state index is 11.5. The van der Waals surface area contributed by atoms with E-state index in [2.05, 4.69) is 15.3 Å². The number of rotatable bonds is 2. The van der Waals surface area contributed by atoms with Crippen LogP contribution in [-0.2, 0) is 4.79 Å². The van der Waals surface area contributed by atoms with Crippen molar-refractivity contribution in [3.8, 4) is 0 Å². The van der Waals surface area contributed by atoms with Crippen molar-refractivity contribution in [3.05, 3.63) is 18.6 Å². The standard InChI is InChI=1S/C12H16N6O/c1-17-6-8(2-3-10(17)19)15-11-12-14-4-5-18(12)7-9(13)16-11/h4-5,7-8H,2-3,6,13H2,1H3,(H,15,16). The lowest BCUT2D eigenvalue weighted by molar-refractivity contribution is -0.132. The van der Waals surface area contributed by atoms with E-state index in [1.807, 2.05) is 17.6 Å². The van der Waals surface area contributed by atoms with Gasteiger partial charge >= 0.3 is 0 Å². The second-order valence-electron chi connectivity index (χ2n) is 4.83. The van der Waals surface area contributed by atoms with Crippen LogP contribution in [0.4, 0.5) is 11.6 Å². The van der Waals surface area contributed by atoms with Gasteiger partial charge in [0.2, 0.25) is 5.91 Å². The molecule has 0 bridgehead atoms. The van der Waals surface area contributed by atoms with E-state index >= 15 is 0 Å². The molecule has 1 atom stereocenters. The number of anilines is 2. The Morgan fingerprint density at radius 3 is 3.16 bits per heavy atom. The number of piperidine rings is 1. The quantitative estimate of drug-likeness (QED) is 0.813. The Morgan fingerprint density at radius 2 is 2.37 bits per heavy atom. The van der Waals surface area contributed by atoms with E-state index in [9.17, 15) is 4.79 Å². The number of aromatic nitrogens is 3. The van der Waals surface area contributed by atoms with E-state index in [1.165, 1.54) is 0 Å². The van der Waals surface area contributed by atoms with Gasteiger partial charge in [0.15, 0.2) is 11.5 Å². The summed E-state index contributed by atoms with van der Waals surface area (Å²) < 4.78 is 1.84. The molecule has 1 fully saturated rings. The van der Waals surface area contributed by atoms with Crippen molar-refractivity contribution in [1.29, 1.82) is 0 Å². The molecule has 3 N–H and O–H groups in total. The second-order valence-corrected chi connectivity index (χ2v) is 4.83. The van der Waals surface area contributed by atoms with Crippen LogP contribution in [0, 0.1) is 0 Å². The molecule has 7 heteroatoms. The highest BCUT2D eigenvalue weighted by atomic mass is 16.2. The number of likely N-dealkylation sites (N-methyl/N-ethyl adjacent to an activating group) is 1. The van der Waals surface area contributed by atoms with E-state index in [1.54, 1.807) is 17.3 Å². The Kier molecular flexibility index (Phi) is 2.73. The molecule has 0 aliphatic carbocycles. The molecule has 0 spiro atoms. The summed E-state index contributed by atoms with van der Waals surface area (Å²) in [5, 5.41) is 3.33. The average Bonchev–Trinajstić information content (AvgIpc) is 2.82. The summed E-state index contributed by atoms with van der Waals surface area (Å²) in [6, 6.07) is 0.178. The van der Waals surface area contributed by atoms with Crippen molar-refractivity contribution in [1.82, 2.24) is 19.3 Å². The SMILES string of the molecule is CN1CC(Nc2nc(N)cn3ccnc23)CCC1=O. The molecule has 2 aromatic rings. The molecule has 100 valence electrons. The minimum atomic E-state index is 0.178. The van der Waals surface area contributed by atoms with Gasteiger partial charge in [0.1, 0.15) is 5.82 Å². The lowest BCUT2D eigenvalue weighted by Gasteiger charge is -2.30. The summed E-state index contributed by atoms with van der Waals surface area (Å²) in [6.07, 6.45) is 6.62. The third-order valence-electron chi connectivity index (χ3n) is 3.36. The number of nitrogens with one attached hydrogen (secondary N) is 1. The second kappa shape index (κ2) is 4.42. The predicted molar refractivity (Wildman–Crippen MR) is 71.7 cm³/mol. The number of nitrogens with two attached hydrogens (primary N) is 1. The highest BCUT2D eigenvalue weighted by Gasteiger charge is 2.23. The first-order valence-corrected chi connectivity index (χ1v) is 6.23. The molecule has 7 nitrogen and oxygen atoms in total. The maximum Gasteiger partial charge on any atom is 0.222 e. The van der Waals surface area contributed by atoms with E-state index in [4.69, 9.17) is 5.73 Å². The van der Waals surface area contributed by atoms with Gasteiger partial charge < -0.3 is 20.4 Å². The molecule has 19 heavy (non-hydrogen) atoms. The lowest BCUT2D eigenvalue weighted by Crippen LogP contribution is -2.43. The molecule has 1 aliphatic rings. The van der Waals surface area contributed by atoms with Crippen LogP contribution < -0.4 is 11.1 Å². The Labute approximate surface area is 110 Å². The number of nitrogen functional groups attached to an aromatic ring is 1. The van der Waals surface area contributed by atoms with Crippen molar-refractivity contribution in [2.24, 2.45) is 0 Å². The molecule has 1 aliphatic heterocycles. The highest BCUT2D eigenvalue weighted by molar-refractivity contribution is 5.77. The minimum absolute atomic E-state index is 0.178. The molecular formula is C12H16N6O. The average molecular weight is 260 g/mol. The zero-order valence-corrected chi connectivity index (χ0v) is 10.7. The van der Waals surface area contributed by atoms with Gasteiger partial charge in [-0.15, -0.1) is 0 Å². The van der Waals surface area contributed by atoms with Crippen LogP contribution in [-0.4, -0.2) is 44.8 Å². The zero-order valence-electron chi connectivity index (χ0n) is 10.7. The zero-order chi connectivity index (χ0) is 13.4. The van der Waals surface area contributed by atoms with Crippen molar-refractivity contribution in [2.45, 2.75) is 18.9 Å². The van der Waals surface area contributed by atoms with Gasteiger partial charge in [-0.2, -0.15) is 0 Å². The van der Waals surface area contributed by atoms with E-state index in [0.717, 1.165) is 12.1 Å². The van der Waals surface area contributed by atoms with Crippen molar-refractivity contribution >= 4 is 23.2 Å². The van der Waals surface area contributed by atoms with Crippen LogP contribution >= 0.6 is 0 Å². The summed E-state index contributed by atoms with van der Waals surface area (Å²) in [4.78, 5) is 21.7. The number of amides is 1. The number of fused-ring (bicyclic) bond motifs is 1. The van der Waals surface area contributed by atoms with Gasteiger partial charge in [-0.3, -0.25) is 4.79 Å². The molecular weight excluding hydrogens is 244 g/mol. The summed E-state index contributed by atoms with van der Waals surface area (Å²) in [5.41, 5.74) is 6.52. The van der Waals surface area contributed by atoms with Gasteiger partial charge in [0.05, 0.1) is 6.20 Å². The number of carbonyl (C=O) groups excluding carboxylic acids is 1. The first-order chi connectivity index (χ1) is 9.13. The normalized spacial score (nSPS) is 19.9. The molecule has 0 saturated carbocycles. The molecule has 3 rings (SSSR count). The molecule has 0 aromatic carbocycles. The molecule has 2 aromatic heterocycles. The molecule has 0 radical (unpaired) electrons. The van der Waals surface area contributed by atoms with Crippen LogP contribution in [0.2, 0.25) is 0 Å². The van der Waals surface area contributed by atoms with Crippen molar-refractivity contribution in [2.75, 3.05) is 24.6 Å². The first kappa shape index (κ1) is 11.8. The summed E-state index contributed by atoms with van der Waals surface area (Å²) >= 11 is 0.